The Bertz CT molecular complexity index is 982. The fourth-order valence-electron chi connectivity index (χ4n) is 2.92. The number of nitriles is 1. The highest BCUT2D eigenvalue weighted by atomic mass is 35.5. The molecule has 148 valence electrons. The van der Waals surface area contributed by atoms with Crippen LogP contribution in [0.25, 0.3) is 0 Å². The summed E-state index contributed by atoms with van der Waals surface area (Å²) in [4.78, 5) is 24.4. The Labute approximate surface area is 177 Å². The summed E-state index contributed by atoms with van der Waals surface area (Å²) in [5, 5.41) is 16.2. The topological polar surface area (TPSA) is 91.2 Å². The van der Waals surface area contributed by atoms with Crippen molar-refractivity contribution in [3.63, 3.8) is 0 Å². The van der Waals surface area contributed by atoms with Crippen LogP contribution in [0.1, 0.15) is 17.9 Å². The second-order valence-electron chi connectivity index (χ2n) is 6.28. The minimum Gasteiger partial charge on any atom is -0.497 e. The maximum atomic E-state index is 12.2. The van der Waals surface area contributed by atoms with Gasteiger partial charge in [-0.3, -0.25) is 9.59 Å². The molecule has 0 fully saturated rings. The normalized spacial score (nSPS) is 16.0. The van der Waals surface area contributed by atoms with Gasteiger partial charge in [0.2, 0.25) is 11.8 Å². The van der Waals surface area contributed by atoms with Crippen molar-refractivity contribution in [2.24, 2.45) is 0 Å². The van der Waals surface area contributed by atoms with Gasteiger partial charge in [-0.15, -0.1) is 0 Å². The Morgan fingerprint density at radius 3 is 2.59 bits per heavy atom. The second-order valence-corrected chi connectivity index (χ2v) is 7.70. The lowest BCUT2D eigenvalue weighted by Crippen LogP contribution is -2.31. The van der Waals surface area contributed by atoms with Gasteiger partial charge < -0.3 is 15.4 Å². The number of carbonyl (C=O) groups is 2. The van der Waals surface area contributed by atoms with Crippen LogP contribution in [0.15, 0.2) is 59.1 Å². The number of anilines is 1. The zero-order chi connectivity index (χ0) is 20.8. The first kappa shape index (κ1) is 20.8. The van der Waals surface area contributed by atoms with E-state index in [1.54, 1.807) is 43.5 Å². The zero-order valence-corrected chi connectivity index (χ0v) is 17.1. The van der Waals surface area contributed by atoms with Gasteiger partial charge in [0.1, 0.15) is 5.75 Å². The van der Waals surface area contributed by atoms with Crippen LogP contribution in [0.5, 0.6) is 5.75 Å². The molecule has 1 aliphatic heterocycles. The minimum atomic E-state index is -0.360. The molecule has 0 aliphatic carbocycles. The average molecular weight is 428 g/mol. The van der Waals surface area contributed by atoms with Crippen LogP contribution >= 0.6 is 23.4 Å². The number of thioether (sulfide) groups is 1. The van der Waals surface area contributed by atoms with E-state index in [1.165, 1.54) is 0 Å². The summed E-state index contributed by atoms with van der Waals surface area (Å²) in [5.74, 6) is -0.0431. The quantitative estimate of drug-likeness (QED) is 0.725. The summed E-state index contributed by atoms with van der Waals surface area (Å²) in [5.41, 5.74) is 1.92. The number of hydrogen-bond donors (Lipinski definition) is 2. The van der Waals surface area contributed by atoms with Gasteiger partial charge in [0.25, 0.3) is 0 Å². The van der Waals surface area contributed by atoms with Crippen LogP contribution in [0, 0.1) is 11.3 Å². The molecule has 0 saturated carbocycles. The van der Waals surface area contributed by atoms with E-state index in [0.29, 0.717) is 27.1 Å². The van der Waals surface area contributed by atoms with Crippen LogP contribution in [0.4, 0.5) is 5.69 Å². The van der Waals surface area contributed by atoms with Crippen LogP contribution in [0.3, 0.4) is 0 Å². The molecule has 2 aromatic carbocycles. The van der Waals surface area contributed by atoms with Crippen molar-refractivity contribution in [2.75, 3.05) is 18.2 Å². The summed E-state index contributed by atoms with van der Waals surface area (Å²) >= 11 is 6.97. The summed E-state index contributed by atoms with van der Waals surface area (Å²) in [6.45, 7) is 0. The molecule has 29 heavy (non-hydrogen) atoms. The van der Waals surface area contributed by atoms with Gasteiger partial charge in [-0.2, -0.15) is 5.26 Å². The smallest absolute Gasteiger partial charge is 0.234 e. The van der Waals surface area contributed by atoms with E-state index in [0.717, 1.165) is 17.3 Å². The van der Waals surface area contributed by atoms with Gasteiger partial charge in [-0.05, 0) is 42.0 Å². The highest BCUT2D eigenvalue weighted by Gasteiger charge is 2.29. The third-order valence-corrected chi connectivity index (χ3v) is 5.62. The van der Waals surface area contributed by atoms with Crippen molar-refractivity contribution in [2.45, 2.75) is 12.3 Å². The molecular formula is C21H18ClN3O3S. The predicted molar refractivity (Wildman–Crippen MR) is 114 cm³/mol. The monoisotopic (exact) mass is 427 g/mol. The fraction of sp³-hybridized carbons (Fsp3) is 0.190. The van der Waals surface area contributed by atoms with Crippen molar-refractivity contribution < 1.29 is 14.3 Å². The van der Waals surface area contributed by atoms with Crippen molar-refractivity contribution in [1.29, 1.82) is 5.26 Å². The largest absolute Gasteiger partial charge is 0.497 e. The number of halogens is 1. The van der Waals surface area contributed by atoms with E-state index in [1.807, 2.05) is 12.1 Å². The lowest BCUT2D eigenvalue weighted by atomic mass is 9.87. The van der Waals surface area contributed by atoms with Gasteiger partial charge in [-0.1, -0.05) is 35.5 Å². The van der Waals surface area contributed by atoms with E-state index < -0.39 is 0 Å². The molecular weight excluding hydrogens is 410 g/mol. The maximum Gasteiger partial charge on any atom is 0.234 e. The van der Waals surface area contributed by atoms with E-state index in [4.69, 9.17) is 16.3 Å². The Hall–Kier alpha value is -2.95. The average Bonchev–Trinajstić information content (AvgIpc) is 2.73. The molecule has 0 radical (unpaired) electrons. The minimum absolute atomic E-state index is 0.0543. The first-order valence-electron chi connectivity index (χ1n) is 8.76. The molecule has 0 spiro atoms. The molecule has 2 aromatic rings. The first-order chi connectivity index (χ1) is 14.0. The molecule has 0 saturated heterocycles. The lowest BCUT2D eigenvalue weighted by molar-refractivity contribution is -0.121. The number of hydrogen-bond acceptors (Lipinski definition) is 5. The van der Waals surface area contributed by atoms with E-state index in [9.17, 15) is 14.9 Å². The standard InChI is InChI=1S/C21H18ClN3O3S/c1-28-16-8-2-13(3-9-16)17-10-19(26)25-21(18(17)11-23)29-12-20(27)24-15-6-4-14(22)5-7-15/h2-9,17H,10,12H2,1H3,(H,24,27)(H,25,26)/t17-/m0/s1. The lowest BCUT2D eigenvalue weighted by Gasteiger charge is -2.25. The zero-order valence-electron chi connectivity index (χ0n) is 15.6. The van der Waals surface area contributed by atoms with Crippen LogP contribution in [-0.2, 0) is 9.59 Å². The number of rotatable bonds is 6. The Morgan fingerprint density at radius 1 is 1.28 bits per heavy atom. The van der Waals surface area contributed by atoms with Crippen molar-refractivity contribution in [3.05, 3.63) is 69.7 Å². The second kappa shape index (κ2) is 9.50. The third-order valence-electron chi connectivity index (χ3n) is 4.35. The van der Waals surface area contributed by atoms with Crippen molar-refractivity contribution >= 4 is 40.9 Å². The molecule has 2 N–H and O–H groups in total. The molecule has 8 heteroatoms. The van der Waals surface area contributed by atoms with E-state index in [2.05, 4.69) is 16.7 Å². The van der Waals surface area contributed by atoms with Gasteiger partial charge >= 0.3 is 0 Å². The van der Waals surface area contributed by atoms with E-state index in [-0.39, 0.29) is 29.9 Å². The van der Waals surface area contributed by atoms with Gasteiger partial charge in [0.05, 0.1) is 29.5 Å². The molecule has 1 aliphatic rings. The van der Waals surface area contributed by atoms with Crippen LogP contribution in [-0.4, -0.2) is 24.7 Å². The molecule has 1 atom stereocenters. The molecule has 2 amide bonds. The Kier molecular flexibility index (Phi) is 6.81. The van der Waals surface area contributed by atoms with Gasteiger partial charge in [-0.25, -0.2) is 0 Å². The first-order valence-corrected chi connectivity index (χ1v) is 10.1. The van der Waals surface area contributed by atoms with Crippen LogP contribution in [0.2, 0.25) is 5.02 Å². The number of methoxy groups -OCH3 is 1. The van der Waals surface area contributed by atoms with Gasteiger partial charge in [0.15, 0.2) is 0 Å². The molecule has 0 bridgehead atoms. The van der Waals surface area contributed by atoms with Crippen LogP contribution < -0.4 is 15.4 Å². The fourth-order valence-corrected chi connectivity index (χ4v) is 3.92. The number of allylic oxidation sites excluding steroid dienone is 1. The molecule has 0 aromatic heterocycles. The summed E-state index contributed by atoms with van der Waals surface area (Å²) in [6.07, 6.45) is 0.177. The Balaban J connectivity index is 1.73. The summed E-state index contributed by atoms with van der Waals surface area (Å²) in [7, 11) is 1.58. The number of nitrogens with zero attached hydrogens (tertiary/aromatic N) is 1. The summed E-state index contributed by atoms with van der Waals surface area (Å²) in [6, 6.07) is 16.2. The maximum absolute atomic E-state index is 12.2. The summed E-state index contributed by atoms with van der Waals surface area (Å²) < 4.78 is 5.16. The van der Waals surface area contributed by atoms with Crippen molar-refractivity contribution in [3.8, 4) is 11.8 Å². The Morgan fingerprint density at radius 2 is 1.97 bits per heavy atom. The van der Waals surface area contributed by atoms with Gasteiger partial charge in [0, 0.05) is 23.0 Å². The highest BCUT2D eigenvalue weighted by Crippen LogP contribution is 2.36. The molecule has 3 rings (SSSR count). The van der Waals surface area contributed by atoms with Crippen molar-refractivity contribution in [1.82, 2.24) is 5.32 Å². The molecule has 0 unspecified atom stereocenters. The highest BCUT2D eigenvalue weighted by molar-refractivity contribution is 8.03. The SMILES string of the molecule is COc1ccc([C@@H]2CC(=O)NC(SCC(=O)Nc3ccc(Cl)cc3)=C2C#N)cc1. The number of carbonyl (C=O) groups excluding carboxylic acids is 2. The number of nitrogens with one attached hydrogen (secondary N) is 2. The van der Waals surface area contributed by atoms with E-state index >= 15 is 0 Å². The number of benzene rings is 2. The number of amides is 2. The molecule has 6 nitrogen and oxygen atoms in total. The third kappa shape index (κ3) is 5.31. The number of ether oxygens (including phenoxy) is 1. The molecule has 1 heterocycles. The predicted octanol–water partition coefficient (Wildman–Crippen LogP) is 4.06.